The number of amides is 1. The molecule has 0 radical (unpaired) electrons. The minimum Gasteiger partial charge on any atom is -0.493 e. The number of nitrogens with one attached hydrogen (secondary N) is 2. The SMILES string of the molecule is COc1cc(/C=C2\NC(=S)NC2=O)ccc1OCCCOc1ccc(Cl)cc1. The molecule has 1 aliphatic heterocycles. The van der Waals surface area contributed by atoms with Crippen LogP contribution >= 0.6 is 23.8 Å². The first-order chi connectivity index (χ1) is 13.5. The molecule has 28 heavy (non-hydrogen) atoms. The summed E-state index contributed by atoms with van der Waals surface area (Å²) in [5.74, 6) is 1.71. The lowest BCUT2D eigenvalue weighted by molar-refractivity contribution is -0.115. The van der Waals surface area contributed by atoms with Crippen molar-refractivity contribution in [2.24, 2.45) is 0 Å². The summed E-state index contributed by atoms with van der Waals surface area (Å²) in [6.07, 6.45) is 2.40. The maximum atomic E-state index is 11.7. The summed E-state index contributed by atoms with van der Waals surface area (Å²) in [6, 6.07) is 12.7. The van der Waals surface area contributed by atoms with Crippen LogP contribution in [0.5, 0.6) is 17.2 Å². The first kappa shape index (κ1) is 20.0. The molecule has 6 nitrogen and oxygen atoms in total. The van der Waals surface area contributed by atoms with Crippen molar-refractivity contribution in [3.8, 4) is 17.2 Å². The van der Waals surface area contributed by atoms with Gasteiger partial charge in [0.25, 0.3) is 5.91 Å². The number of carbonyl (C=O) groups is 1. The number of rotatable bonds is 8. The van der Waals surface area contributed by atoms with E-state index < -0.39 is 0 Å². The minimum atomic E-state index is -0.259. The average Bonchev–Trinajstić information content (AvgIpc) is 3.00. The molecule has 0 spiro atoms. The Labute approximate surface area is 173 Å². The summed E-state index contributed by atoms with van der Waals surface area (Å²) in [5.41, 5.74) is 1.18. The number of thiocarbonyl (C=S) groups is 1. The van der Waals surface area contributed by atoms with Gasteiger partial charge in [0.2, 0.25) is 0 Å². The number of hydrogen-bond donors (Lipinski definition) is 2. The van der Waals surface area contributed by atoms with Crippen LogP contribution < -0.4 is 24.8 Å². The Morgan fingerprint density at radius 1 is 1.04 bits per heavy atom. The molecule has 2 aromatic rings. The standard InChI is InChI=1S/C20H19ClN2O4S/c1-25-18-12-13(11-16-19(24)23-20(28)22-16)3-8-17(18)27-10-2-9-26-15-6-4-14(21)5-7-15/h3-8,11-12H,2,9-10H2,1H3,(H2,22,23,24,28)/b16-11-. The molecule has 3 rings (SSSR count). The van der Waals surface area contributed by atoms with Gasteiger partial charge in [0, 0.05) is 11.4 Å². The Kier molecular flexibility index (Phi) is 6.73. The van der Waals surface area contributed by atoms with Gasteiger partial charge in [0.15, 0.2) is 16.6 Å². The maximum absolute atomic E-state index is 11.7. The molecule has 0 aromatic heterocycles. The van der Waals surface area contributed by atoms with Crippen LogP contribution in [0.3, 0.4) is 0 Å². The smallest absolute Gasteiger partial charge is 0.273 e. The number of methoxy groups -OCH3 is 1. The molecule has 8 heteroatoms. The first-order valence-electron chi connectivity index (χ1n) is 8.58. The normalized spacial score (nSPS) is 14.6. The third kappa shape index (κ3) is 5.37. The van der Waals surface area contributed by atoms with Crippen LogP contribution in [0.4, 0.5) is 0 Å². The van der Waals surface area contributed by atoms with Crippen LogP contribution in [0, 0.1) is 0 Å². The molecule has 1 fully saturated rings. The molecule has 0 aliphatic carbocycles. The van der Waals surface area contributed by atoms with E-state index in [1.807, 2.05) is 18.2 Å². The molecule has 1 saturated heterocycles. The summed E-state index contributed by atoms with van der Waals surface area (Å²) in [6.45, 7) is 0.997. The van der Waals surface area contributed by atoms with Crippen molar-refractivity contribution in [3.63, 3.8) is 0 Å². The lowest BCUT2D eigenvalue weighted by Gasteiger charge is -2.12. The predicted molar refractivity (Wildman–Crippen MR) is 112 cm³/mol. The largest absolute Gasteiger partial charge is 0.493 e. The van der Waals surface area contributed by atoms with Gasteiger partial charge in [-0.1, -0.05) is 17.7 Å². The second-order valence-electron chi connectivity index (χ2n) is 5.88. The van der Waals surface area contributed by atoms with Gasteiger partial charge in [-0.3, -0.25) is 10.1 Å². The van der Waals surface area contributed by atoms with Gasteiger partial charge >= 0.3 is 0 Å². The maximum Gasteiger partial charge on any atom is 0.273 e. The number of hydrogen-bond acceptors (Lipinski definition) is 5. The van der Waals surface area contributed by atoms with E-state index in [1.165, 1.54) is 0 Å². The van der Waals surface area contributed by atoms with Crippen LogP contribution in [0.15, 0.2) is 48.2 Å². The number of ether oxygens (including phenoxy) is 3. The molecule has 0 atom stereocenters. The molecule has 2 N–H and O–H groups in total. The molecule has 1 aliphatic rings. The molecule has 0 unspecified atom stereocenters. The molecule has 1 amide bonds. The van der Waals surface area contributed by atoms with E-state index in [0.717, 1.165) is 11.3 Å². The monoisotopic (exact) mass is 418 g/mol. The summed E-state index contributed by atoms with van der Waals surface area (Å²) in [4.78, 5) is 11.7. The highest BCUT2D eigenvalue weighted by Crippen LogP contribution is 2.29. The van der Waals surface area contributed by atoms with Crippen molar-refractivity contribution in [2.75, 3.05) is 20.3 Å². The second kappa shape index (κ2) is 9.43. The van der Waals surface area contributed by atoms with Gasteiger partial charge in [0.05, 0.1) is 20.3 Å². The van der Waals surface area contributed by atoms with Gasteiger partial charge in [0.1, 0.15) is 11.4 Å². The van der Waals surface area contributed by atoms with Crippen LogP contribution in [-0.2, 0) is 4.79 Å². The number of carbonyl (C=O) groups excluding carboxylic acids is 1. The second-order valence-corrected chi connectivity index (χ2v) is 6.73. The van der Waals surface area contributed by atoms with E-state index in [0.29, 0.717) is 47.0 Å². The Morgan fingerprint density at radius 3 is 2.46 bits per heavy atom. The summed E-state index contributed by atoms with van der Waals surface area (Å²) < 4.78 is 16.8. The molecule has 2 aromatic carbocycles. The van der Waals surface area contributed by atoms with Crippen molar-refractivity contribution in [2.45, 2.75) is 6.42 Å². The van der Waals surface area contributed by atoms with Crippen molar-refractivity contribution in [1.29, 1.82) is 0 Å². The Morgan fingerprint density at radius 2 is 1.79 bits per heavy atom. The van der Waals surface area contributed by atoms with Gasteiger partial charge in [-0.15, -0.1) is 0 Å². The zero-order valence-corrected chi connectivity index (χ0v) is 16.7. The summed E-state index contributed by atoms with van der Waals surface area (Å²) in [5, 5.41) is 6.30. The van der Waals surface area contributed by atoms with Crippen molar-refractivity contribution in [3.05, 3.63) is 58.7 Å². The van der Waals surface area contributed by atoms with Crippen molar-refractivity contribution >= 4 is 40.9 Å². The van der Waals surface area contributed by atoms with E-state index in [-0.39, 0.29) is 5.91 Å². The topological polar surface area (TPSA) is 68.8 Å². The highest BCUT2D eigenvalue weighted by Gasteiger charge is 2.20. The fourth-order valence-electron chi connectivity index (χ4n) is 2.50. The number of benzene rings is 2. The fourth-order valence-corrected chi connectivity index (χ4v) is 2.83. The lowest BCUT2D eigenvalue weighted by atomic mass is 10.1. The Hall–Kier alpha value is -2.77. The van der Waals surface area contributed by atoms with Gasteiger partial charge < -0.3 is 19.5 Å². The predicted octanol–water partition coefficient (Wildman–Crippen LogP) is 3.54. The van der Waals surface area contributed by atoms with Crippen LogP contribution in [0.2, 0.25) is 5.02 Å². The zero-order valence-electron chi connectivity index (χ0n) is 15.2. The minimum absolute atomic E-state index is 0.259. The fraction of sp³-hybridized carbons (Fsp3) is 0.200. The molecule has 0 saturated carbocycles. The van der Waals surface area contributed by atoms with E-state index in [4.69, 9.17) is 38.0 Å². The van der Waals surface area contributed by atoms with E-state index in [2.05, 4.69) is 10.6 Å². The molecule has 146 valence electrons. The van der Waals surface area contributed by atoms with E-state index >= 15 is 0 Å². The van der Waals surface area contributed by atoms with Crippen molar-refractivity contribution in [1.82, 2.24) is 10.6 Å². The number of halogens is 1. The van der Waals surface area contributed by atoms with Crippen LogP contribution in [0.25, 0.3) is 6.08 Å². The third-order valence-electron chi connectivity index (χ3n) is 3.85. The Bertz CT molecular complexity index is 900. The van der Waals surface area contributed by atoms with Gasteiger partial charge in [-0.25, -0.2) is 0 Å². The molecule has 1 heterocycles. The van der Waals surface area contributed by atoms with Gasteiger partial charge in [-0.05, 0) is 60.3 Å². The summed E-state index contributed by atoms with van der Waals surface area (Å²) >= 11 is 10.8. The van der Waals surface area contributed by atoms with E-state index in [9.17, 15) is 4.79 Å². The first-order valence-corrected chi connectivity index (χ1v) is 9.37. The van der Waals surface area contributed by atoms with E-state index in [1.54, 1.807) is 37.5 Å². The highest BCUT2D eigenvalue weighted by atomic mass is 35.5. The zero-order chi connectivity index (χ0) is 19.9. The quantitative estimate of drug-likeness (QED) is 0.388. The van der Waals surface area contributed by atoms with Gasteiger partial charge in [-0.2, -0.15) is 0 Å². The summed E-state index contributed by atoms with van der Waals surface area (Å²) in [7, 11) is 1.57. The molecular weight excluding hydrogens is 400 g/mol. The third-order valence-corrected chi connectivity index (χ3v) is 4.30. The average molecular weight is 419 g/mol. The molecule has 0 bridgehead atoms. The Balaban J connectivity index is 1.52. The van der Waals surface area contributed by atoms with Crippen LogP contribution in [-0.4, -0.2) is 31.3 Å². The van der Waals surface area contributed by atoms with Crippen molar-refractivity contribution < 1.29 is 19.0 Å². The van der Waals surface area contributed by atoms with Crippen LogP contribution in [0.1, 0.15) is 12.0 Å². The lowest BCUT2D eigenvalue weighted by Crippen LogP contribution is -2.21. The highest BCUT2D eigenvalue weighted by molar-refractivity contribution is 7.80. The molecular formula is C20H19ClN2O4S.